The van der Waals surface area contributed by atoms with Gasteiger partial charge in [0.2, 0.25) is 0 Å². The van der Waals surface area contributed by atoms with E-state index in [4.69, 9.17) is 9.72 Å². The largest absolute Gasteiger partial charge is 0.509 e. The summed E-state index contributed by atoms with van der Waals surface area (Å²) in [5.74, 6) is 1.39. The molecule has 0 saturated carbocycles. The van der Waals surface area contributed by atoms with Crippen molar-refractivity contribution in [2.75, 3.05) is 14.7 Å². The molecule has 6 aromatic rings. The van der Waals surface area contributed by atoms with Crippen LogP contribution in [0.1, 0.15) is 52.7 Å². The van der Waals surface area contributed by atoms with E-state index in [2.05, 4.69) is 101 Å². The first-order valence-corrected chi connectivity index (χ1v) is 17.6. The molecule has 0 unspecified atom stereocenters. The summed E-state index contributed by atoms with van der Waals surface area (Å²) in [5, 5.41) is 0. The van der Waals surface area contributed by atoms with Crippen molar-refractivity contribution in [2.45, 2.75) is 52.4 Å². The Kier molecular flexibility index (Phi) is 9.55. The van der Waals surface area contributed by atoms with Crippen LogP contribution in [0.2, 0.25) is 0 Å². The summed E-state index contributed by atoms with van der Waals surface area (Å²) in [6, 6.07) is 42.7. The maximum Gasteiger partial charge on any atom is 0.135 e. The Morgan fingerprint density at radius 1 is 0.642 bits per heavy atom. The van der Waals surface area contributed by atoms with Crippen LogP contribution in [0.5, 0.6) is 11.5 Å². The number of benzene rings is 5. The summed E-state index contributed by atoms with van der Waals surface area (Å²) < 4.78 is 21.6. The normalized spacial score (nSPS) is 13.5. The van der Waals surface area contributed by atoms with E-state index in [9.17, 15) is 0 Å². The Morgan fingerprint density at radius 2 is 1.32 bits per heavy atom. The smallest absolute Gasteiger partial charge is 0.135 e. The first-order valence-electron chi connectivity index (χ1n) is 17.6. The van der Waals surface area contributed by atoms with E-state index in [-0.39, 0.29) is 37.7 Å². The van der Waals surface area contributed by atoms with Gasteiger partial charge in [0.1, 0.15) is 11.6 Å². The summed E-state index contributed by atoms with van der Waals surface area (Å²) in [5.41, 5.74) is 9.56. The molecule has 7 heteroatoms. The second-order valence-electron chi connectivity index (χ2n) is 15.3. The van der Waals surface area contributed by atoms with Crippen molar-refractivity contribution in [2.24, 2.45) is 0 Å². The Balaban J connectivity index is 0.00000435. The molecule has 0 amide bonds. The number of hydrogen-bond acceptors (Lipinski definition) is 5. The van der Waals surface area contributed by atoms with Gasteiger partial charge in [-0.3, -0.25) is 0 Å². The van der Waals surface area contributed by atoms with Gasteiger partial charge in [-0.25, -0.2) is 9.37 Å². The van der Waals surface area contributed by atoms with Crippen LogP contribution in [0.3, 0.4) is 0 Å². The zero-order valence-electron chi connectivity index (χ0n) is 30.6. The molecule has 0 bridgehead atoms. The van der Waals surface area contributed by atoms with Crippen molar-refractivity contribution in [1.29, 1.82) is 0 Å². The molecule has 270 valence electrons. The van der Waals surface area contributed by atoms with Gasteiger partial charge in [0.25, 0.3) is 0 Å². The Labute approximate surface area is 326 Å². The van der Waals surface area contributed by atoms with Crippen LogP contribution >= 0.6 is 0 Å². The van der Waals surface area contributed by atoms with E-state index in [1.54, 1.807) is 6.07 Å². The molecule has 3 heterocycles. The molecule has 5 aromatic carbocycles. The number of hydrogen-bond donors (Lipinski definition) is 0. The number of aromatic nitrogens is 1. The van der Waals surface area contributed by atoms with Crippen LogP contribution in [0, 0.1) is 24.6 Å². The number of nitrogens with zero attached hydrogens (tertiary/aromatic N) is 4. The minimum absolute atomic E-state index is 0. The molecular weight excluding hydrogens is 839 g/mol. The summed E-state index contributed by atoms with van der Waals surface area (Å²) >= 11 is 0. The Morgan fingerprint density at radius 3 is 2.06 bits per heavy atom. The Bertz CT molecular complexity index is 2320. The van der Waals surface area contributed by atoms with E-state index < -0.39 is 0 Å². The zero-order valence-corrected chi connectivity index (χ0v) is 32.9. The molecule has 0 atom stereocenters. The van der Waals surface area contributed by atoms with Gasteiger partial charge in [-0.1, -0.05) is 89.2 Å². The third-order valence-corrected chi connectivity index (χ3v) is 9.59. The molecule has 0 aliphatic carbocycles. The van der Waals surface area contributed by atoms with Crippen LogP contribution in [0.4, 0.5) is 33.0 Å². The molecule has 0 radical (unpaired) electrons. The molecule has 0 fully saturated rings. The van der Waals surface area contributed by atoms with Crippen molar-refractivity contribution in [3.63, 3.8) is 0 Å². The summed E-state index contributed by atoms with van der Waals surface area (Å²) in [6.07, 6.45) is 5.86. The van der Waals surface area contributed by atoms with Gasteiger partial charge in [0.05, 0.1) is 5.69 Å². The minimum Gasteiger partial charge on any atom is -0.509 e. The maximum atomic E-state index is 15.1. The predicted octanol–water partition coefficient (Wildman–Crippen LogP) is 12.2. The van der Waals surface area contributed by atoms with E-state index in [1.807, 2.05) is 89.7 Å². The molecule has 53 heavy (non-hydrogen) atoms. The van der Waals surface area contributed by atoms with Crippen LogP contribution in [0.25, 0.3) is 22.3 Å². The number of rotatable bonds is 5. The van der Waals surface area contributed by atoms with E-state index in [0.29, 0.717) is 28.7 Å². The molecule has 2 aliphatic heterocycles. The molecule has 0 N–H and O–H groups in total. The number of ether oxygens (including phenoxy) is 1. The van der Waals surface area contributed by atoms with E-state index >= 15 is 4.39 Å². The standard InChI is InChI=1S/C46H40FN4O.Pt/c1-45(2,3)31-14-17-34(18-15-31)49-24-25-50(30-49)35-10-9-11-36(28-35)52-37-19-21-41-39-13-8-7-12-38(39)40-20-16-33(47)27-42(40)51(43(41)29-37)44-26-32(22-23-48-44)46(4,5)6;/h7-27,30H,1-6H3;/q-3;. The quantitative estimate of drug-likeness (QED) is 0.161. The SMILES string of the molecule is CC(C)(C)c1ccc(N2C=CN(c3[c-]c(Oc4[c-]c5c(cc4)-c4ccccc4-c4ccc(F)cc4N5c4cc(C(C)(C)C)ccn4)ccc3)[CH-]2)cc1.[Pt]. The molecule has 5 nitrogen and oxygen atoms in total. The maximum absolute atomic E-state index is 15.1. The van der Waals surface area contributed by atoms with Crippen molar-refractivity contribution in [3.05, 3.63) is 164 Å². The number of anilines is 5. The van der Waals surface area contributed by atoms with Gasteiger partial charge >= 0.3 is 0 Å². The molecule has 8 rings (SSSR count). The van der Waals surface area contributed by atoms with E-state index in [0.717, 1.165) is 39.2 Å². The summed E-state index contributed by atoms with van der Waals surface area (Å²) in [4.78, 5) is 10.9. The van der Waals surface area contributed by atoms with E-state index in [1.165, 1.54) is 11.6 Å². The number of fused-ring (bicyclic) bond motifs is 5. The summed E-state index contributed by atoms with van der Waals surface area (Å²) in [6.45, 7) is 15.2. The fourth-order valence-electron chi connectivity index (χ4n) is 6.70. The topological polar surface area (TPSA) is 31.8 Å². The fourth-order valence-corrected chi connectivity index (χ4v) is 6.70. The van der Waals surface area contributed by atoms with Crippen molar-refractivity contribution in [1.82, 2.24) is 4.98 Å². The van der Waals surface area contributed by atoms with Crippen molar-refractivity contribution >= 4 is 28.6 Å². The first-order chi connectivity index (χ1) is 24.9. The van der Waals surface area contributed by atoms with Gasteiger partial charge in [-0.2, -0.15) is 12.1 Å². The van der Waals surface area contributed by atoms with Crippen LogP contribution in [0.15, 0.2) is 128 Å². The van der Waals surface area contributed by atoms with Gasteiger partial charge in [0.15, 0.2) is 0 Å². The summed E-state index contributed by atoms with van der Waals surface area (Å²) in [7, 11) is 0. The second-order valence-corrected chi connectivity index (χ2v) is 15.3. The van der Waals surface area contributed by atoms with Gasteiger partial charge in [0, 0.05) is 50.0 Å². The fraction of sp³-hybridized carbons (Fsp3) is 0.174. The monoisotopic (exact) mass is 878 g/mol. The van der Waals surface area contributed by atoms with Crippen LogP contribution in [-0.4, -0.2) is 4.98 Å². The second kappa shape index (κ2) is 14.0. The first kappa shape index (κ1) is 36.2. The number of pyridine rings is 1. The molecule has 0 spiro atoms. The van der Waals surface area contributed by atoms with Gasteiger partial charge in [-0.05, 0) is 82.4 Å². The number of halogens is 1. The average Bonchev–Trinajstić information content (AvgIpc) is 3.59. The predicted molar refractivity (Wildman–Crippen MR) is 210 cm³/mol. The molecule has 0 saturated heterocycles. The van der Waals surface area contributed by atoms with Crippen LogP contribution in [-0.2, 0) is 31.9 Å². The third kappa shape index (κ3) is 7.13. The van der Waals surface area contributed by atoms with Gasteiger partial charge < -0.3 is 19.4 Å². The zero-order chi connectivity index (χ0) is 36.2. The molecule has 2 aliphatic rings. The Hall–Kier alpha value is -5.19. The third-order valence-electron chi connectivity index (χ3n) is 9.59. The van der Waals surface area contributed by atoms with Gasteiger partial charge in [-0.15, -0.1) is 48.3 Å². The van der Waals surface area contributed by atoms with Crippen molar-refractivity contribution < 1.29 is 30.2 Å². The molecule has 1 aromatic heterocycles. The average molecular weight is 879 g/mol. The molecular formula is C46H40FN4OPt-3. The van der Waals surface area contributed by atoms with Crippen LogP contribution < -0.4 is 19.4 Å². The van der Waals surface area contributed by atoms with Crippen molar-refractivity contribution in [3.8, 4) is 33.8 Å². The minimum atomic E-state index is -0.330.